The molecular weight excluding hydrogens is 194 g/mol. The van der Waals surface area contributed by atoms with Crippen molar-refractivity contribution in [1.29, 1.82) is 0 Å². The normalized spacial score (nSPS) is 25.1. The summed E-state index contributed by atoms with van der Waals surface area (Å²) < 4.78 is 0. The van der Waals surface area contributed by atoms with Crippen molar-refractivity contribution in [2.24, 2.45) is 5.92 Å². The van der Waals surface area contributed by atoms with Crippen molar-refractivity contribution in [2.45, 2.75) is 25.3 Å². The summed E-state index contributed by atoms with van der Waals surface area (Å²) in [5.41, 5.74) is 0. The molecule has 1 aromatic rings. The van der Waals surface area contributed by atoms with Gasteiger partial charge in [-0.2, -0.15) is 0 Å². The number of hydrogen-bond acceptors (Lipinski definition) is 4. The number of nitrogens with one attached hydrogen (secondary N) is 1. The molecule has 1 saturated carbocycles. The zero-order chi connectivity index (χ0) is 10.7. The molecule has 0 aromatic carbocycles. The predicted octanol–water partition coefficient (Wildman–Crippen LogP) is 1.14. The lowest BCUT2D eigenvalue weighted by atomic mass is 10.1. The topological polar surface area (TPSA) is 75.1 Å². The molecule has 0 radical (unpaired) electrons. The number of nitrogens with zero attached hydrogens (tertiary/aromatic N) is 2. The van der Waals surface area contributed by atoms with E-state index in [1.165, 1.54) is 0 Å². The maximum atomic E-state index is 10.7. The first-order chi connectivity index (χ1) is 7.25. The summed E-state index contributed by atoms with van der Waals surface area (Å²) in [5, 5.41) is 12.0. The first-order valence-electron chi connectivity index (χ1n) is 5.02. The molecule has 0 aliphatic heterocycles. The van der Waals surface area contributed by atoms with Gasteiger partial charge in [0.25, 0.3) is 0 Å². The summed E-state index contributed by atoms with van der Waals surface area (Å²) in [4.78, 5) is 18.8. The number of rotatable bonds is 3. The third-order valence-electron chi connectivity index (χ3n) is 2.68. The van der Waals surface area contributed by atoms with E-state index >= 15 is 0 Å². The molecule has 0 amide bonds. The Labute approximate surface area is 87.6 Å². The number of hydrogen-bond donors (Lipinski definition) is 2. The van der Waals surface area contributed by atoms with E-state index in [-0.39, 0.29) is 12.0 Å². The number of anilines is 1. The lowest BCUT2D eigenvalue weighted by Gasteiger charge is -2.11. The molecule has 80 valence electrons. The van der Waals surface area contributed by atoms with Crippen molar-refractivity contribution < 1.29 is 9.90 Å². The van der Waals surface area contributed by atoms with Gasteiger partial charge in [-0.25, -0.2) is 9.97 Å². The summed E-state index contributed by atoms with van der Waals surface area (Å²) >= 11 is 0. The first-order valence-corrected chi connectivity index (χ1v) is 5.02. The summed E-state index contributed by atoms with van der Waals surface area (Å²) in [6, 6.07) is 1.94. The fourth-order valence-electron chi connectivity index (χ4n) is 1.89. The van der Waals surface area contributed by atoms with Gasteiger partial charge in [0.05, 0.1) is 5.92 Å². The standard InChI is InChI=1S/C10H13N3O2/c14-9(15)7-2-3-8(6-7)13-10-11-4-1-5-12-10/h1,4-5,7-8H,2-3,6H2,(H,14,15)(H,11,12,13). The van der Waals surface area contributed by atoms with Gasteiger partial charge in [-0.1, -0.05) is 0 Å². The Balaban J connectivity index is 1.90. The second kappa shape index (κ2) is 4.25. The van der Waals surface area contributed by atoms with Gasteiger partial charge in [-0.3, -0.25) is 4.79 Å². The van der Waals surface area contributed by atoms with Crippen LogP contribution in [0.2, 0.25) is 0 Å². The van der Waals surface area contributed by atoms with E-state index in [1.54, 1.807) is 18.5 Å². The Morgan fingerprint density at radius 2 is 2.13 bits per heavy atom. The number of carbonyl (C=O) groups is 1. The molecule has 0 spiro atoms. The minimum Gasteiger partial charge on any atom is -0.481 e. The Hall–Kier alpha value is -1.65. The third kappa shape index (κ3) is 2.43. The Bertz CT molecular complexity index is 342. The summed E-state index contributed by atoms with van der Waals surface area (Å²) in [5.74, 6) is -0.340. The quantitative estimate of drug-likeness (QED) is 0.777. The Morgan fingerprint density at radius 3 is 2.73 bits per heavy atom. The van der Waals surface area contributed by atoms with E-state index in [2.05, 4.69) is 15.3 Å². The second-order valence-corrected chi connectivity index (χ2v) is 3.76. The monoisotopic (exact) mass is 207 g/mol. The SMILES string of the molecule is O=C(O)C1CCC(Nc2ncccn2)C1. The minimum absolute atomic E-state index is 0.188. The average Bonchev–Trinajstić information content (AvgIpc) is 2.68. The molecule has 1 aliphatic carbocycles. The lowest BCUT2D eigenvalue weighted by molar-refractivity contribution is -0.141. The highest BCUT2D eigenvalue weighted by molar-refractivity contribution is 5.70. The molecule has 2 unspecified atom stereocenters. The van der Waals surface area contributed by atoms with E-state index < -0.39 is 5.97 Å². The predicted molar refractivity (Wildman–Crippen MR) is 54.4 cm³/mol. The van der Waals surface area contributed by atoms with E-state index in [9.17, 15) is 4.79 Å². The lowest BCUT2D eigenvalue weighted by Crippen LogP contribution is -2.19. The fourth-order valence-corrected chi connectivity index (χ4v) is 1.89. The van der Waals surface area contributed by atoms with Crippen molar-refractivity contribution in [3.8, 4) is 0 Å². The van der Waals surface area contributed by atoms with Crippen LogP contribution < -0.4 is 5.32 Å². The molecule has 15 heavy (non-hydrogen) atoms. The summed E-state index contributed by atoms with van der Waals surface area (Å²) in [6.45, 7) is 0. The van der Waals surface area contributed by atoms with Crippen LogP contribution in [0.3, 0.4) is 0 Å². The smallest absolute Gasteiger partial charge is 0.306 e. The highest BCUT2D eigenvalue weighted by Gasteiger charge is 2.29. The minimum atomic E-state index is -0.701. The highest BCUT2D eigenvalue weighted by Crippen LogP contribution is 2.27. The van der Waals surface area contributed by atoms with Crippen molar-refractivity contribution >= 4 is 11.9 Å². The molecule has 0 saturated heterocycles. The molecule has 1 aliphatic rings. The third-order valence-corrected chi connectivity index (χ3v) is 2.68. The van der Waals surface area contributed by atoms with Crippen LogP contribution in [-0.4, -0.2) is 27.1 Å². The van der Waals surface area contributed by atoms with Gasteiger partial charge in [0, 0.05) is 18.4 Å². The summed E-state index contributed by atoms with van der Waals surface area (Å²) in [6.07, 6.45) is 5.60. The van der Waals surface area contributed by atoms with Crippen LogP contribution >= 0.6 is 0 Å². The van der Waals surface area contributed by atoms with Crippen LogP contribution in [0.4, 0.5) is 5.95 Å². The highest BCUT2D eigenvalue weighted by atomic mass is 16.4. The average molecular weight is 207 g/mol. The molecule has 1 fully saturated rings. The maximum Gasteiger partial charge on any atom is 0.306 e. The van der Waals surface area contributed by atoms with Gasteiger partial charge in [0.1, 0.15) is 0 Å². The van der Waals surface area contributed by atoms with E-state index in [1.807, 2.05) is 0 Å². The van der Waals surface area contributed by atoms with Crippen LogP contribution in [0.5, 0.6) is 0 Å². The summed E-state index contributed by atoms with van der Waals surface area (Å²) in [7, 11) is 0. The molecule has 5 nitrogen and oxygen atoms in total. The number of carboxylic acid groups (broad SMARTS) is 1. The molecule has 2 N–H and O–H groups in total. The van der Waals surface area contributed by atoms with Crippen LogP contribution in [0.15, 0.2) is 18.5 Å². The Morgan fingerprint density at radius 1 is 1.40 bits per heavy atom. The van der Waals surface area contributed by atoms with Gasteiger partial charge >= 0.3 is 5.97 Å². The van der Waals surface area contributed by atoms with E-state index in [0.29, 0.717) is 12.4 Å². The number of carboxylic acids is 1. The largest absolute Gasteiger partial charge is 0.481 e. The van der Waals surface area contributed by atoms with Crippen LogP contribution in [0, 0.1) is 5.92 Å². The van der Waals surface area contributed by atoms with Crippen molar-refractivity contribution in [1.82, 2.24) is 9.97 Å². The molecular formula is C10H13N3O2. The molecule has 5 heteroatoms. The number of aromatic nitrogens is 2. The Kier molecular flexibility index (Phi) is 2.80. The van der Waals surface area contributed by atoms with Gasteiger partial charge in [0.15, 0.2) is 0 Å². The van der Waals surface area contributed by atoms with Gasteiger partial charge < -0.3 is 10.4 Å². The van der Waals surface area contributed by atoms with Gasteiger partial charge in [-0.15, -0.1) is 0 Å². The van der Waals surface area contributed by atoms with Gasteiger partial charge in [-0.05, 0) is 25.3 Å². The second-order valence-electron chi connectivity index (χ2n) is 3.76. The maximum absolute atomic E-state index is 10.7. The van der Waals surface area contributed by atoms with E-state index in [0.717, 1.165) is 12.8 Å². The van der Waals surface area contributed by atoms with Crippen molar-refractivity contribution in [3.05, 3.63) is 18.5 Å². The zero-order valence-corrected chi connectivity index (χ0v) is 8.26. The molecule has 1 aromatic heterocycles. The number of aliphatic carboxylic acids is 1. The molecule has 0 bridgehead atoms. The molecule has 2 rings (SSSR count). The van der Waals surface area contributed by atoms with Crippen LogP contribution in [0.25, 0.3) is 0 Å². The van der Waals surface area contributed by atoms with Crippen LogP contribution in [0.1, 0.15) is 19.3 Å². The molecule has 2 atom stereocenters. The van der Waals surface area contributed by atoms with E-state index in [4.69, 9.17) is 5.11 Å². The van der Waals surface area contributed by atoms with Crippen LogP contribution in [-0.2, 0) is 4.79 Å². The zero-order valence-electron chi connectivity index (χ0n) is 8.26. The fraction of sp³-hybridized carbons (Fsp3) is 0.500. The van der Waals surface area contributed by atoms with Gasteiger partial charge in [0.2, 0.25) is 5.95 Å². The molecule has 1 heterocycles. The van der Waals surface area contributed by atoms with Crippen molar-refractivity contribution in [3.63, 3.8) is 0 Å². The first kappa shape index (κ1) is 9.89. The van der Waals surface area contributed by atoms with Crippen molar-refractivity contribution in [2.75, 3.05) is 5.32 Å².